The summed E-state index contributed by atoms with van der Waals surface area (Å²) in [5.41, 5.74) is 0.929. The molecule has 1 aliphatic rings. The van der Waals surface area contributed by atoms with E-state index in [-0.39, 0.29) is 36.9 Å². The summed E-state index contributed by atoms with van der Waals surface area (Å²) in [6.45, 7) is 1.43. The Kier molecular flexibility index (Phi) is 5.35. The molecule has 4 rings (SSSR count). The van der Waals surface area contributed by atoms with Gasteiger partial charge in [-0.15, -0.1) is 10.2 Å². The van der Waals surface area contributed by atoms with Gasteiger partial charge in [-0.3, -0.25) is 4.79 Å². The molecule has 0 atom stereocenters. The first-order chi connectivity index (χ1) is 14.0. The maximum absolute atomic E-state index is 12.6. The fourth-order valence-electron chi connectivity index (χ4n) is 2.90. The van der Waals surface area contributed by atoms with Gasteiger partial charge in [0.15, 0.2) is 6.61 Å². The van der Waals surface area contributed by atoms with E-state index in [0.29, 0.717) is 21.9 Å². The van der Waals surface area contributed by atoms with Crippen LogP contribution in [0.3, 0.4) is 0 Å². The lowest BCUT2D eigenvalue weighted by Crippen LogP contribution is -2.36. The number of hydrogen-bond donors (Lipinski definition) is 0. The molecule has 2 heterocycles. The Morgan fingerprint density at radius 1 is 1.24 bits per heavy atom. The molecule has 0 unspecified atom stereocenters. The lowest BCUT2D eigenvalue weighted by atomic mass is 10.2. The van der Waals surface area contributed by atoms with Gasteiger partial charge >= 0.3 is 5.97 Å². The van der Waals surface area contributed by atoms with Gasteiger partial charge in [0.05, 0.1) is 23.4 Å². The maximum Gasteiger partial charge on any atom is 0.342 e. The molecule has 0 saturated heterocycles. The standard InChI is InChI=1S/C20H18ClN3O5/c1-12-14(8-9-27-12)20(26)28-11-18(25)24(13-6-7-13)10-17-22-23-19(29-17)15-4-2-3-5-16(15)21/h2-5,8-9,13H,6-7,10-11H2,1H3. The second-order valence-electron chi connectivity index (χ2n) is 6.70. The van der Waals surface area contributed by atoms with Crippen molar-refractivity contribution in [3.8, 4) is 11.5 Å². The number of halogens is 1. The molecule has 8 nitrogen and oxygen atoms in total. The van der Waals surface area contributed by atoms with Crippen molar-refractivity contribution in [2.24, 2.45) is 0 Å². The van der Waals surface area contributed by atoms with E-state index in [1.165, 1.54) is 12.3 Å². The SMILES string of the molecule is Cc1occc1C(=O)OCC(=O)N(Cc1nnc(-c2ccccc2Cl)o1)C1CC1. The summed E-state index contributed by atoms with van der Waals surface area (Å²) in [6, 6.07) is 8.73. The normalized spacial score (nSPS) is 13.3. The van der Waals surface area contributed by atoms with Gasteiger partial charge in [0.1, 0.15) is 11.3 Å². The van der Waals surface area contributed by atoms with E-state index in [2.05, 4.69) is 10.2 Å². The summed E-state index contributed by atoms with van der Waals surface area (Å²) in [7, 11) is 0. The van der Waals surface area contributed by atoms with Crippen LogP contribution >= 0.6 is 11.6 Å². The second kappa shape index (κ2) is 8.08. The number of carbonyl (C=O) groups excluding carboxylic acids is 2. The average Bonchev–Trinajstić information content (AvgIpc) is 3.29. The van der Waals surface area contributed by atoms with Crippen LogP contribution in [0.5, 0.6) is 0 Å². The van der Waals surface area contributed by atoms with Crippen LogP contribution in [0, 0.1) is 6.92 Å². The number of aryl methyl sites for hydroxylation is 1. The summed E-state index contributed by atoms with van der Waals surface area (Å²) in [6.07, 6.45) is 3.16. The van der Waals surface area contributed by atoms with E-state index >= 15 is 0 Å². The van der Waals surface area contributed by atoms with Gasteiger partial charge in [0, 0.05) is 6.04 Å². The molecular weight excluding hydrogens is 398 g/mol. The zero-order chi connectivity index (χ0) is 20.4. The number of rotatable bonds is 7. The average molecular weight is 416 g/mol. The third kappa shape index (κ3) is 4.32. The molecule has 29 heavy (non-hydrogen) atoms. The Labute approximate surface area is 171 Å². The Morgan fingerprint density at radius 2 is 2.03 bits per heavy atom. The molecule has 1 aliphatic carbocycles. The van der Waals surface area contributed by atoms with Gasteiger partial charge in [0.2, 0.25) is 11.8 Å². The highest BCUT2D eigenvalue weighted by Crippen LogP contribution is 2.30. The summed E-state index contributed by atoms with van der Waals surface area (Å²) in [5.74, 6) is 0.103. The van der Waals surface area contributed by atoms with Gasteiger partial charge in [-0.1, -0.05) is 23.7 Å². The van der Waals surface area contributed by atoms with Crippen molar-refractivity contribution in [1.82, 2.24) is 15.1 Å². The monoisotopic (exact) mass is 415 g/mol. The number of ether oxygens (including phenoxy) is 1. The van der Waals surface area contributed by atoms with Crippen LogP contribution in [0.1, 0.15) is 34.9 Å². The maximum atomic E-state index is 12.6. The molecule has 0 N–H and O–H groups in total. The number of hydrogen-bond acceptors (Lipinski definition) is 7. The number of aromatic nitrogens is 2. The van der Waals surface area contributed by atoms with E-state index in [1.807, 2.05) is 12.1 Å². The van der Waals surface area contributed by atoms with Crippen molar-refractivity contribution in [2.45, 2.75) is 32.4 Å². The van der Waals surface area contributed by atoms with E-state index in [4.69, 9.17) is 25.2 Å². The fourth-order valence-corrected chi connectivity index (χ4v) is 3.12. The zero-order valence-electron chi connectivity index (χ0n) is 15.6. The van der Waals surface area contributed by atoms with Gasteiger partial charge in [-0.05, 0) is 38.0 Å². The van der Waals surface area contributed by atoms with Crippen LogP contribution < -0.4 is 0 Å². The van der Waals surface area contributed by atoms with Crippen LogP contribution in [-0.2, 0) is 16.1 Å². The Morgan fingerprint density at radius 3 is 2.72 bits per heavy atom. The summed E-state index contributed by atoms with van der Waals surface area (Å²) >= 11 is 6.16. The third-order valence-electron chi connectivity index (χ3n) is 4.59. The highest BCUT2D eigenvalue weighted by molar-refractivity contribution is 6.33. The van der Waals surface area contributed by atoms with Crippen molar-refractivity contribution in [3.05, 3.63) is 58.8 Å². The highest BCUT2D eigenvalue weighted by atomic mass is 35.5. The van der Waals surface area contributed by atoms with Crippen molar-refractivity contribution in [2.75, 3.05) is 6.61 Å². The molecular formula is C20H18ClN3O5. The van der Waals surface area contributed by atoms with Crippen molar-refractivity contribution in [3.63, 3.8) is 0 Å². The molecule has 0 bridgehead atoms. The predicted octanol–water partition coefficient (Wildman–Crippen LogP) is 3.64. The van der Waals surface area contributed by atoms with Crippen molar-refractivity contribution in [1.29, 1.82) is 0 Å². The molecule has 3 aromatic rings. The van der Waals surface area contributed by atoms with Crippen molar-refractivity contribution < 1.29 is 23.2 Å². The smallest absolute Gasteiger partial charge is 0.342 e. The van der Waals surface area contributed by atoms with Crippen LogP contribution in [-0.4, -0.2) is 39.6 Å². The van der Waals surface area contributed by atoms with E-state index < -0.39 is 5.97 Å². The zero-order valence-corrected chi connectivity index (χ0v) is 16.4. The highest BCUT2D eigenvalue weighted by Gasteiger charge is 2.34. The Balaban J connectivity index is 1.41. The van der Waals surface area contributed by atoms with Crippen LogP contribution in [0.15, 0.2) is 45.4 Å². The van der Waals surface area contributed by atoms with Crippen molar-refractivity contribution >= 4 is 23.5 Å². The molecule has 1 aromatic carbocycles. The van der Waals surface area contributed by atoms with E-state index in [0.717, 1.165) is 12.8 Å². The fraction of sp³-hybridized carbons (Fsp3) is 0.300. The number of esters is 1. The minimum atomic E-state index is -0.598. The summed E-state index contributed by atoms with van der Waals surface area (Å²) in [5, 5.41) is 8.55. The van der Waals surface area contributed by atoms with Gasteiger partial charge in [0.25, 0.3) is 5.91 Å². The molecule has 150 valence electrons. The van der Waals surface area contributed by atoms with Crippen LogP contribution in [0.4, 0.5) is 0 Å². The summed E-state index contributed by atoms with van der Waals surface area (Å²) in [4.78, 5) is 26.3. The first kappa shape index (κ1) is 19.2. The Bertz CT molecular complexity index is 1040. The topological polar surface area (TPSA) is 98.7 Å². The van der Waals surface area contributed by atoms with Gasteiger partial charge in [-0.25, -0.2) is 4.79 Å². The largest absolute Gasteiger partial charge is 0.469 e. The number of furan rings is 1. The number of carbonyl (C=O) groups is 2. The number of amides is 1. The minimum Gasteiger partial charge on any atom is -0.469 e. The molecule has 2 aromatic heterocycles. The first-order valence-corrected chi connectivity index (χ1v) is 9.48. The molecule has 1 saturated carbocycles. The third-order valence-corrected chi connectivity index (χ3v) is 4.92. The van der Waals surface area contributed by atoms with E-state index in [1.54, 1.807) is 24.0 Å². The van der Waals surface area contributed by atoms with E-state index in [9.17, 15) is 9.59 Å². The van der Waals surface area contributed by atoms with Gasteiger partial charge in [-0.2, -0.15) is 0 Å². The molecule has 0 radical (unpaired) electrons. The molecule has 9 heteroatoms. The quantitative estimate of drug-likeness (QED) is 0.543. The van der Waals surface area contributed by atoms with Crippen LogP contribution in [0.25, 0.3) is 11.5 Å². The molecule has 0 aliphatic heterocycles. The minimum absolute atomic E-state index is 0.0764. The lowest BCUT2D eigenvalue weighted by molar-refractivity contribution is -0.136. The summed E-state index contributed by atoms with van der Waals surface area (Å²) < 4.78 is 15.9. The van der Waals surface area contributed by atoms with Crippen LogP contribution in [0.2, 0.25) is 5.02 Å². The Hall–Kier alpha value is -3.13. The lowest BCUT2D eigenvalue weighted by Gasteiger charge is -2.20. The molecule has 1 amide bonds. The predicted molar refractivity (Wildman–Crippen MR) is 102 cm³/mol. The first-order valence-electron chi connectivity index (χ1n) is 9.11. The molecule has 1 fully saturated rings. The van der Waals surface area contributed by atoms with Gasteiger partial charge < -0.3 is 18.5 Å². The second-order valence-corrected chi connectivity index (χ2v) is 7.11. The number of benzene rings is 1. The molecule has 0 spiro atoms. The number of nitrogens with zero attached hydrogens (tertiary/aromatic N) is 3.